The Balaban J connectivity index is 1.96. The van der Waals surface area contributed by atoms with Crippen LogP contribution in [0.4, 0.5) is 19.6 Å². The SMILES string of the molecule is CS(=O)(=O)NC(=O)c1nc(N(Cc2ccc(OC(F)F)cc2)c2ccc(C#N)cc2)sc1Br. The van der Waals surface area contributed by atoms with Gasteiger partial charge in [0, 0.05) is 5.69 Å². The smallest absolute Gasteiger partial charge is 0.387 e. The van der Waals surface area contributed by atoms with Crippen LogP contribution in [-0.2, 0) is 16.6 Å². The summed E-state index contributed by atoms with van der Waals surface area (Å²) in [5, 5.41) is 9.42. The molecule has 0 atom stereocenters. The van der Waals surface area contributed by atoms with Gasteiger partial charge in [0.25, 0.3) is 5.91 Å². The minimum absolute atomic E-state index is 0.00963. The predicted molar refractivity (Wildman–Crippen MR) is 122 cm³/mol. The molecular formula is C20H15BrF2N4O4S2. The standard InChI is InChI=1S/C20H15BrF2N4O4S2/c1-33(29,30)26-18(28)16-17(21)32-20(25-16)27(14-6-2-12(10-24)3-7-14)11-13-4-8-15(9-5-13)31-19(22)23/h2-9,19H,11H2,1H3,(H,26,28). The Morgan fingerprint density at radius 1 is 1.24 bits per heavy atom. The van der Waals surface area contributed by atoms with Gasteiger partial charge in [-0.3, -0.25) is 4.79 Å². The molecule has 1 heterocycles. The number of halogens is 3. The van der Waals surface area contributed by atoms with E-state index in [0.29, 0.717) is 20.2 Å². The quantitative estimate of drug-likeness (QED) is 0.437. The minimum Gasteiger partial charge on any atom is -0.435 e. The van der Waals surface area contributed by atoms with Gasteiger partial charge in [-0.1, -0.05) is 23.5 Å². The van der Waals surface area contributed by atoms with Crippen molar-refractivity contribution in [1.29, 1.82) is 5.26 Å². The van der Waals surface area contributed by atoms with Crippen LogP contribution in [-0.4, -0.2) is 32.2 Å². The van der Waals surface area contributed by atoms with Crippen molar-refractivity contribution in [3.8, 4) is 11.8 Å². The molecule has 0 saturated carbocycles. The molecule has 0 bridgehead atoms. The van der Waals surface area contributed by atoms with E-state index in [0.717, 1.165) is 23.2 Å². The number of thiazole rings is 1. The lowest BCUT2D eigenvalue weighted by molar-refractivity contribution is -0.0498. The second kappa shape index (κ2) is 10.2. The molecule has 0 fully saturated rings. The van der Waals surface area contributed by atoms with Gasteiger partial charge in [-0.15, -0.1) is 0 Å². The highest BCUT2D eigenvalue weighted by Crippen LogP contribution is 2.36. The van der Waals surface area contributed by atoms with Crippen molar-refractivity contribution < 1.29 is 26.7 Å². The van der Waals surface area contributed by atoms with E-state index in [9.17, 15) is 22.0 Å². The number of ether oxygens (including phenoxy) is 1. The normalized spacial score (nSPS) is 11.2. The second-order valence-electron chi connectivity index (χ2n) is 6.59. The van der Waals surface area contributed by atoms with Crippen LogP contribution in [0.1, 0.15) is 21.6 Å². The maximum Gasteiger partial charge on any atom is 0.387 e. The van der Waals surface area contributed by atoms with Crippen molar-refractivity contribution in [3.05, 3.63) is 69.1 Å². The lowest BCUT2D eigenvalue weighted by Crippen LogP contribution is -2.30. The molecule has 3 rings (SSSR count). The summed E-state index contributed by atoms with van der Waals surface area (Å²) in [4.78, 5) is 18.3. The summed E-state index contributed by atoms with van der Waals surface area (Å²) in [6, 6.07) is 14.7. The van der Waals surface area contributed by atoms with Gasteiger partial charge in [-0.25, -0.2) is 18.1 Å². The first-order valence-corrected chi connectivity index (χ1v) is 12.6. The molecule has 2 aromatic carbocycles. The summed E-state index contributed by atoms with van der Waals surface area (Å²) in [5.41, 5.74) is 1.69. The zero-order valence-corrected chi connectivity index (χ0v) is 20.0. The van der Waals surface area contributed by atoms with Gasteiger partial charge in [0.15, 0.2) is 10.8 Å². The molecule has 33 heavy (non-hydrogen) atoms. The van der Waals surface area contributed by atoms with E-state index in [4.69, 9.17) is 5.26 Å². The number of nitriles is 1. The Bertz CT molecular complexity index is 1290. The van der Waals surface area contributed by atoms with E-state index in [-0.39, 0.29) is 18.0 Å². The third-order valence-electron chi connectivity index (χ3n) is 4.10. The number of aromatic nitrogens is 1. The molecular weight excluding hydrogens is 542 g/mol. The van der Waals surface area contributed by atoms with Crippen LogP contribution in [0.2, 0.25) is 0 Å². The fourth-order valence-electron chi connectivity index (χ4n) is 2.71. The molecule has 0 aliphatic rings. The van der Waals surface area contributed by atoms with Crippen LogP contribution in [0.3, 0.4) is 0 Å². The second-order valence-corrected chi connectivity index (χ2v) is 10.6. The monoisotopic (exact) mass is 556 g/mol. The predicted octanol–water partition coefficient (Wildman–Crippen LogP) is 4.41. The summed E-state index contributed by atoms with van der Waals surface area (Å²) >= 11 is 4.35. The number of sulfonamides is 1. The Labute approximate surface area is 200 Å². The number of alkyl halides is 2. The Hall–Kier alpha value is -3.08. The van der Waals surface area contributed by atoms with E-state index in [2.05, 4.69) is 25.7 Å². The molecule has 13 heteroatoms. The van der Waals surface area contributed by atoms with Crippen molar-refractivity contribution in [2.24, 2.45) is 0 Å². The van der Waals surface area contributed by atoms with Crippen molar-refractivity contribution >= 4 is 54.0 Å². The number of anilines is 2. The number of hydrogen-bond acceptors (Lipinski definition) is 8. The number of hydrogen-bond donors (Lipinski definition) is 1. The van der Waals surface area contributed by atoms with Gasteiger partial charge in [0.1, 0.15) is 9.54 Å². The third-order valence-corrected chi connectivity index (χ3v) is 6.38. The number of amides is 1. The minimum atomic E-state index is -3.79. The van der Waals surface area contributed by atoms with Gasteiger partial charge < -0.3 is 9.64 Å². The van der Waals surface area contributed by atoms with Crippen LogP contribution < -0.4 is 14.4 Å². The molecule has 8 nitrogen and oxygen atoms in total. The van der Waals surface area contributed by atoms with Crippen molar-refractivity contribution in [3.63, 3.8) is 0 Å². The van der Waals surface area contributed by atoms with E-state index < -0.39 is 22.5 Å². The molecule has 0 aliphatic carbocycles. The number of nitrogens with one attached hydrogen (secondary N) is 1. The molecule has 0 aliphatic heterocycles. The average Bonchev–Trinajstić information content (AvgIpc) is 3.13. The van der Waals surface area contributed by atoms with Gasteiger partial charge in [-0.05, 0) is 57.9 Å². The number of benzene rings is 2. The summed E-state index contributed by atoms with van der Waals surface area (Å²) in [5.74, 6) is -0.879. The van der Waals surface area contributed by atoms with Crippen molar-refractivity contribution in [2.45, 2.75) is 13.2 Å². The van der Waals surface area contributed by atoms with Gasteiger partial charge in [0.2, 0.25) is 10.0 Å². The molecule has 1 aromatic heterocycles. The first kappa shape index (κ1) is 24.6. The fourth-order valence-corrected chi connectivity index (χ4v) is 4.66. The van der Waals surface area contributed by atoms with Gasteiger partial charge in [0.05, 0.1) is 24.4 Å². The maximum atomic E-state index is 12.4. The molecule has 0 spiro atoms. The molecule has 1 N–H and O–H groups in total. The highest BCUT2D eigenvalue weighted by Gasteiger charge is 2.23. The number of carbonyl (C=O) groups excluding carboxylic acids is 1. The molecule has 0 unspecified atom stereocenters. The van der Waals surface area contributed by atoms with Crippen molar-refractivity contribution in [1.82, 2.24) is 9.71 Å². The molecule has 1 amide bonds. The highest BCUT2D eigenvalue weighted by molar-refractivity contribution is 9.11. The molecule has 0 radical (unpaired) electrons. The van der Waals surface area contributed by atoms with Crippen LogP contribution in [0.25, 0.3) is 0 Å². The molecule has 0 saturated heterocycles. The number of nitrogens with zero attached hydrogens (tertiary/aromatic N) is 3. The van der Waals surface area contributed by atoms with Crippen LogP contribution >= 0.6 is 27.3 Å². The fraction of sp³-hybridized carbons (Fsp3) is 0.150. The van der Waals surface area contributed by atoms with Gasteiger partial charge >= 0.3 is 6.61 Å². The van der Waals surface area contributed by atoms with Crippen LogP contribution in [0, 0.1) is 11.3 Å². The van der Waals surface area contributed by atoms with Gasteiger partial charge in [-0.2, -0.15) is 14.0 Å². The Morgan fingerprint density at radius 3 is 2.42 bits per heavy atom. The number of carbonyl (C=O) groups is 1. The molecule has 172 valence electrons. The zero-order chi connectivity index (χ0) is 24.2. The largest absolute Gasteiger partial charge is 0.435 e. The number of rotatable bonds is 8. The highest BCUT2D eigenvalue weighted by atomic mass is 79.9. The summed E-state index contributed by atoms with van der Waals surface area (Å²) in [6.45, 7) is -2.70. The Kier molecular flexibility index (Phi) is 7.62. The third kappa shape index (κ3) is 6.70. The summed E-state index contributed by atoms with van der Waals surface area (Å²) < 4.78 is 54.2. The topological polar surface area (TPSA) is 112 Å². The van der Waals surface area contributed by atoms with E-state index in [1.165, 1.54) is 12.1 Å². The van der Waals surface area contributed by atoms with E-state index in [1.54, 1.807) is 41.3 Å². The van der Waals surface area contributed by atoms with E-state index >= 15 is 0 Å². The Morgan fingerprint density at radius 2 is 1.88 bits per heavy atom. The summed E-state index contributed by atoms with van der Waals surface area (Å²) in [7, 11) is -3.79. The van der Waals surface area contributed by atoms with Crippen LogP contribution in [0.15, 0.2) is 52.3 Å². The van der Waals surface area contributed by atoms with Crippen LogP contribution in [0.5, 0.6) is 5.75 Å². The maximum absolute atomic E-state index is 12.4. The summed E-state index contributed by atoms with van der Waals surface area (Å²) in [6.07, 6.45) is 0.858. The molecule has 3 aromatic rings. The average molecular weight is 557 g/mol. The first-order chi connectivity index (χ1) is 15.6. The lowest BCUT2D eigenvalue weighted by atomic mass is 10.1. The van der Waals surface area contributed by atoms with E-state index in [1.807, 2.05) is 10.8 Å². The lowest BCUT2D eigenvalue weighted by Gasteiger charge is -2.22. The first-order valence-electron chi connectivity index (χ1n) is 9.05. The zero-order valence-electron chi connectivity index (χ0n) is 16.8. The van der Waals surface area contributed by atoms with Crippen molar-refractivity contribution in [2.75, 3.05) is 11.2 Å².